The molecule has 0 aliphatic carbocycles. The third-order valence-electron chi connectivity index (χ3n) is 3.69. The first-order valence-electron chi connectivity index (χ1n) is 7.71. The number of aromatic nitrogens is 1. The number of hydrogen-bond donors (Lipinski definition) is 0. The molecule has 0 fully saturated rings. The van der Waals surface area contributed by atoms with Crippen molar-refractivity contribution in [1.82, 2.24) is 4.57 Å². The molecule has 1 amide bonds. The van der Waals surface area contributed by atoms with Crippen LogP contribution < -0.4 is 9.54 Å². The Bertz CT molecular complexity index is 987. The second-order valence-corrected chi connectivity index (χ2v) is 6.87. The highest BCUT2D eigenvalue weighted by atomic mass is 35.5. The van der Waals surface area contributed by atoms with Crippen LogP contribution in [0, 0.1) is 0 Å². The number of allylic oxidation sites excluding steroid dienone is 1. The molecule has 0 saturated heterocycles. The number of thiazole rings is 1. The van der Waals surface area contributed by atoms with E-state index in [1.165, 1.54) is 11.3 Å². The second-order valence-electron chi connectivity index (χ2n) is 5.43. The van der Waals surface area contributed by atoms with E-state index in [-0.39, 0.29) is 12.3 Å². The molecule has 1 aromatic heterocycles. The molecule has 0 aliphatic heterocycles. The van der Waals surface area contributed by atoms with Gasteiger partial charge in [0.25, 0.3) is 5.91 Å². The maximum Gasteiger partial charge on any atom is 0.252 e. The van der Waals surface area contributed by atoms with Crippen molar-refractivity contribution in [1.29, 1.82) is 0 Å². The van der Waals surface area contributed by atoms with Crippen molar-refractivity contribution < 1.29 is 9.53 Å². The smallest absolute Gasteiger partial charge is 0.252 e. The molecule has 0 N–H and O–H groups in total. The fraction of sp³-hybridized carbons (Fsp3) is 0.158. The predicted molar refractivity (Wildman–Crippen MR) is 102 cm³/mol. The number of ether oxygens (including phenoxy) is 1. The predicted octanol–water partition coefficient (Wildman–Crippen LogP) is 4.22. The summed E-state index contributed by atoms with van der Waals surface area (Å²) in [6, 6.07) is 13.1. The first-order valence-corrected chi connectivity index (χ1v) is 8.90. The van der Waals surface area contributed by atoms with Crippen LogP contribution in [0.15, 0.2) is 60.1 Å². The summed E-state index contributed by atoms with van der Waals surface area (Å²) < 4.78 is 8.08. The van der Waals surface area contributed by atoms with E-state index < -0.39 is 0 Å². The summed E-state index contributed by atoms with van der Waals surface area (Å²) >= 11 is 7.51. The van der Waals surface area contributed by atoms with Crippen molar-refractivity contribution in [2.75, 3.05) is 7.11 Å². The van der Waals surface area contributed by atoms with Crippen molar-refractivity contribution >= 4 is 39.1 Å². The second kappa shape index (κ2) is 7.68. The van der Waals surface area contributed by atoms with Crippen LogP contribution in [0.1, 0.15) is 5.56 Å². The maximum atomic E-state index is 12.4. The lowest BCUT2D eigenvalue weighted by atomic mass is 10.1. The van der Waals surface area contributed by atoms with Gasteiger partial charge in [-0.3, -0.25) is 4.79 Å². The quantitative estimate of drug-likeness (QED) is 0.629. The Morgan fingerprint density at radius 3 is 2.76 bits per heavy atom. The third-order valence-corrected chi connectivity index (χ3v) is 4.97. The summed E-state index contributed by atoms with van der Waals surface area (Å²) in [6.45, 7) is 4.36. The largest absolute Gasteiger partial charge is 0.497 e. The van der Waals surface area contributed by atoms with Crippen LogP contribution in [-0.2, 0) is 17.8 Å². The average molecular weight is 373 g/mol. The lowest BCUT2D eigenvalue weighted by molar-refractivity contribution is -0.117. The molecular weight excluding hydrogens is 356 g/mol. The minimum Gasteiger partial charge on any atom is -0.497 e. The number of methoxy groups -OCH3 is 1. The lowest BCUT2D eigenvalue weighted by Gasteiger charge is -2.02. The first-order chi connectivity index (χ1) is 12.1. The molecular formula is C19H17ClN2O2S. The molecule has 0 atom stereocenters. The van der Waals surface area contributed by atoms with Crippen LogP contribution in [0.2, 0.25) is 5.02 Å². The van der Waals surface area contributed by atoms with Crippen molar-refractivity contribution in [3.8, 4) is 5.75 Å². The molecule has 3 rings (SSSR count). The van der Waals surface area contributed by atoms with E-state index in [1.54, 1.807) is 13.2 Å². The molecule has 0 unspecified atom stereocenters. The SMILES string of the molecule is C=CCn1c(=NC(=O)Cc2ccc(OC)cc2)sc2cc(Cl)ccc21. The van der Waals surface area contributed by atoms with Gasteiger partial charge in [-0.15, -0.1) is 6.58 Å². The summed E-state index contributed by atoms with van der Waals surface area (Å²) in [5, 5.41) is 0.663. The van der Waals surface area contributed by atoms with Crippen LogP contribution >= 0.6 is 22.9 Å². The normalized spacial score (nSPS) is 11.7. The number of hydrogen-bond acceptors (Lipinski definition) is 3. The summed E-state index contributed by atoms with van der Waals surface area (Å²) in [5.41, 5.74) is 1.89. The Morgan fingerprint density at radius 1 is 1.32 bits per heavy atom. The monoisotopic (exact) mass is 372 g/mol. The van der Waals surface area contributed by atoms with Crippen LogP contribution in [-0.4, -0.2) is 17.6 Å². The fourth-order valence-corrected chi connectivity index (χ4v) is 3.83. The minimum absolute atomic E-state index is 0.194. The highest BCUT2D eigenvalue weighted by molar-refractivity contribution is 7.16. The third kappa shape index (κ3) is 4.00. The number of nitrogens with zero attached hydrogens (tertiary/aromatic N) is 2. The van der Waals surface area contributed by atoms with Gasteiger partial charge < -0.3 is 9.30 Å². The Kier molecular flexibility index (Phi) is 5.36. The zero-order valence-corrected chi connectivity index (χ0v) is 15.3. The highest BCUT2D eigenvalue weighted by Gasteiger charge is 2.08. The summed E-state index contributed by atoms with van der Waals surface area (Å²) in [4.78, 5) is 17.3. The van der Waals surface area contributed by atoms with Gasteiger partial charge >= 0.3 is 0 Å². The molecule has 25 heavy (non-hydrogen) atoms. The molecule has 0 saturated carbocycles. The number of fused-ring (bicyclic) bond motifs is 1. The number of carbonyl (C=O) groups excluding carboxylic acids is 1. The van der Waals surface area contributed by atoms with Gasteiger partial charge in [0.2, 0.25) is 0 Å². The summed E-state index contributed by atoms with van der Waals surface area (Å²) in [5.74, 6) is 0.568. The van der Waals surface area contributed by atoms with E-state index in [0.29, 0.717) is 16.4 Å². The molecule has 2 aromatic carbocycles. The number of amides is 1. The first kappa shape index (κ1) is 17.5. The topological polar surface area (TPSA) is 43.6 Å². The van der Waals surface area contributed by atoms with Crippen molar-refractivity contribution in [3.63, 3.8) is 0 Å². The molecule has 0 bridgehead atoms. The van der Waals surface area contributed by atoms with Crippen molar-refractivity contribution in [2.24, 2.45) is 4.99 Å². The molecule has 3 aromatic rings. The number of rotatable bonds is 5. The van der Waals surface area contributed by atoms with E-state index in [1.807, 2.05) is 47.0 Å². The molecule has 0 radical (unpaired) electrons. The average Bonchev–Trinajstić information content (AvgIpc) is 2.92. The zero-order valence-electron chi connectivity index (χ0n) is 13.7. The maximum absolute atomic E-state index is 12.4. The molecule has 1 heterocycles. The minimum atomic E-state index is -0.194. The Balaban J connectivity index is 1.94. The molecule has 0 aliphatic rings. The fourth-order valence-electron chi connectivity index (χ4n) is 2.50. The van der Waals surface area contributed by atoms with Gasteiger partial charge in [-0.05, 0) is 35.9 Å². The van der Waals surface area contributed by atoms with E-state index in [0.717, 1.165) is 21.5 Å². The van der Waals surface area contributed by atoms with Gasteiger partial charge in [-0.1, -0.05) is 41.1 Å². The van der Waals surface area contributed by atoms with E-state index in [9.17, 15) is 4.79 Å². The van der Waals surface area contributed by atoms with Gasteiger partial charge in [-0.25, -0.2) is 0 Å². The number of carbonyl (C=O) groups is 1. The lowest BCUT2D eigenvalue weighted by Crippen LogP contribution is -2.16. The van der Waals surface area contributed by atoms with Crippen LogP contribution in [0.25, 0.3) is 10.2 Å². The van der Waals surface area contributed by atoms with Gasteiger partial charge in [0.15, 0.2) is 4.80 Å². The number of halogens is 1. The van der Waals surface area contributed by atoms with Gasteiger partial charge in [0.05, 0.1) is 23.7 Å². The highest BCUT2D eigenvalue weighted by Crippen LogP contribution is 2.22. The molecule has 4 nitrogen and oxygen atoms in total. The molecule has 0 spiro atoms. The molecule has 6 heteroatoms. The van der Waals surface area contributed by atoms with E-state index >= 15 is 0 Å². The van der Waals surface area contributed by atoms with Crippen LogP contribution in [0.5, 0.6) is 5.75 Å². The zero-order chi connectivity index (χ0) is 17.8. The van der Waals surface area contributed by atoms with Crippen molar-refractivity contribution in [3.05, 3.63) is 70.5 Å². The Labute approximate surface area is 154 Å². The van der Waals surface area contributed by atoms with Crippen molar-refractivity contribution in [2.45, 2.75) is 13.0 Å². The van der Waals surface area contributed by atoms with E-state index in [4.69, 9.17) is 16.3 Å². The Morgan fingerprint density at radius 2 is 2.08 bits per heavy atom. The standard InChI is InChI=1S/C19H17ClN2O2S/c1-3-10-22-16-9-6-14(20)12-17(16)25-19(22)21-18(23)11-13-4-7-15(24-2)8-5-13/h3-9,12H,1,10-11H2,2H3. The van der Waals surface area contributed by atoms with Crippen LogP contribution in [0.4, 0.5) is 0 Å². The van der Waals surface area contributed by atoms with Crippen LogP contribution in [0.3, 0.4) is 0 Å². The number of benzene rings is 2. The van der Waals surface area contributed by atoms with Gasteiger partial charge in [-0.2, -0.15) is 4.99 Å². The summed E-state index contributed by atoms with van der Waals surface area (Å²) in [7, 11) is 1.61. The van der Waals surface area contributed by atoms with Gasteiger partial charge in [0, 0.05) is 11.6 Å². The van der Waals surface area contributed by atoms with E-state index in [2.05, 4.69) is 11.6 Å². The Hall–Kier alpha value is -2.37. The summed E-state index contributed by atoms with van der Waals surface area (Å²) in [6.07, 6.45) is 2.03. The molecule has 128 valence electrons. The van der Waals surface area contributed by atoms with Gasteiger partial charge in [0.1, 0.15) is 5.75 Å².